The second kappa shape index (κ2) is 18.6. The molecule has 0 aliphatic carbocycles. The molecular weight excluding hydrogens is 993 g/mol. The summed E-state index contributed by atoms with van der Waals surface area (Å²) in [6.07, 6.45) is 0. The largest absolute Gasteiger partial charge is 0.0542 e. The molecule has 360 valence electrons. The van der Waals surface area contributed by atoms with Gasteiger partial charge in [-0.1, -0.05) is 48.5 Å². The molecule has 3 nitrogen and oxygen atoms in total. The van der Waals surface area contributed by atoms with E-state index < -0.39 is 13.3 Å². The van der Waals surface area contributed by atoms with Gasteiger partial charge in [0.1, 0.15) is 11.6 Å². The molecule has 0 spiro atoms. The van der Waals surface area contributed by atoms with Crippen molar-refractivity contribution in [3.05, 3.63) is 297 Å². The van der Waals surface area contributed by atoms with Crippen LogP contribution in [0.1, 0.15) is 0 Å². The second-order valence-electron chi connectivity index (χ2n) is 19.6. The molecule has 2 heterocycles. The Morgan fingerprint density at radius 2 is 0.671 bits per heavy atom. The van der Waals surface area contributed by atoms with Crippen LogP contribution in [0.2, 0.25) is 0 Å². The van der Waals surface area contributed by atoms with Gasteiger partial charge in [0.15, 0.2) is 0 Å². The summed E-state index contributed by atoms with van der Waals surface area (Å²) in [4.78, 5) is 2.35. The van der Waals surface area contributed by atoms with E-state index in [1.165, 1.54) is 41.8 Å². The number of nitrogens with zero attached hydrogens (tertiary/aromatic N) is 3. The Labute approximate surface area is 441 Å². The van der Waals surface area contributed by atoms with Crippen molar-refractivity contribution in [3.8, 4) is 22.5 Å². The molecule has 0 aliphatic rings. The maximum atomic E-state index is 14.6. The first kappa shape index (κ1) is 45.3. The van der Waals surface area contributed by atoms with Crippen LogP contribution in [0.15, 0.2) is 285 Å². The summed E-state index contributed by atoms with van der Waals surface area (Å²) in [6.45, 7) is 0. The van der Waals surface area contributed by atoms with E-state index >= 15 is 0 Å². The minimum atomic E-state index is -3.48. The molecule has 0 atom stereocenters. The fourth-order valence-corrected chi connectivity index (χ4v) is 21.9. The van der Waals surface area contributed by atoms with Crippen molar-refractivity contribution in [2.45, 2.75) is 0 Å². The van der Waals surface area contributed by atoms with Crippen LogP contribution in [0, 0.1) is 11.6 Å². The molecule has 14 rings (SSSR count). The molecule has 0 saturated carbocycles. The molecule has 0 bridgehead atoms. The molecule has 0 unspecified atom stereocenters. The topological polar surface area (TPSA) is 13.1 Å². The second-order valence-corrected chi connectivity index (χ2v) is 27.6. The Kier molecular flexibility index (Phi) is 11.1. The zero-order valence-corrected chi connectivity index (χ0v) is 43.3. The average molecular weight is 1040 g/mol. The number of hydrogen-bond donors (Lipinski definition) is 0. The van der Waals surface area contributed by atoms with E-state index in [2.05, 4.69) is 251 Å². The third-order valence-corrected chi connectivity index (χ3v) is 25.4. The third-order valence-electron chi connectivity index (χ3n) is 15.4. The fourth-order valence-electron chi connectivity index (χ4n) is 11.9. The number of aromatic nitrogens is 2. The Morgan fingerprint density at radius 3 is 1.22 bits per heavy atom. The fraction of sp³-hybridized carbons (Fsp3) is 0. The predicted molar refractivity (Wildman–Crippen MR) is 316 cm³/mol. The smallest absolute Gasteiger partial charge is 0.0359 e. The number of fused-ring (bicyclic) bond motifs is 7. The van der Waals surface area contributed by atoms with Gasteiger partial charge in [-0.25, -0.2) is 8.78 Å². The van der Waals surface area contributed by atoms with Gasteiger partial charge in [0.05, 0.1) is 11.0 Å². The third kappa shape index (κ3) is 7.53. The van der Waals surface area contributed by atoms with E-state index in [-0.39, 0.29) is 11.6 Å². The van der Waals surface area contributed by atoms with Crippen LogP contribution < -0.4 is 22.5 Å². The Morgan fingerprint density at radius 1 is 0.276 bits per heavy atom. The minimum absolute atomic E-state index is 0.268. The van der Waals surface area contributed by atoms with E-state index in [0.29, 0.717) is 0 Å². The van der Waals surface area contributed by atoms with Crippen molar-refractivity contribution in [2.24, 2.45) is 0 Å². The van der Waals surface area contributed by atoms with Crippen molar-refractivity contribution < 1.29 is 8.78 Å². The molecular formula is C70H47F2GeN3. The molecule has 6 heteroatoms. The van der Waals surface area contributed by atoms with Crippen molar-refractivity contribution in [1.29, 1.82) is 0 Å². The summed E-state index contributed by atoms with van der Waals surface area (Å²) < 4.78 is 38.8. The number of benzene rings is 12. The normalized spacial score (nSPS) is 11.8. The number of rotatable bonds is 10. The molecule has 2 aromatic heterocycles. The Bertz CT molecular complexity index is 4360. The van der Waals surface area contributed by atoms with Crippen LogP contribution in [0.25, 0.3) is 76.9 Å². The van der Waals surface area contributed by atoms with Crippen LogP contribution in [0.4, 0.5) is 25.8 Å². The van der Waals surface area contributed by atoms with Crippen molar-refractivity contribution in [1.82, 2.24) is 9.13 Å². The molecule has 76 heavy (non-hydrogen) atoms. The van der Waals surface area contributed by atoms with Gasteiger partial charge >= 0.3 is 272 Å². The molecule has 0 N–H and O–H groups in total. The maximum absolute atomic E-state index is 14.6. The van der Waals surface area contributed by atoms with E-state index in [1.807, 2.05) is 24.3 Å². The van der Waals surface area contributed by atoms with E-state index in [1.54, 1.807) is 0 Å². The van der Waals surface area contributed by atoms with Gasteiger partial charge in [-0.15, -0.1) is 0 Å². The zero-order chi connectivity index (χ0) is 50.7. The SMILES string of the molecule is Fc1ccc(-n2c3ccccc3c3cc(N(c4ccc5ccccc5c4)c4ccc5c(c4)c4cc(-c6cc[c]([Ge]([c]7ccccc7)([c]7ccccc7)[c]7ccccc7)cc6)ccc4n5-c4ccc(F)cc4)ccc32)cc1. The van der Waals surface area contributed by atoms with Gasteiger partial charge < -0.3 is 4.57 Å². The van der Waals surface area contributed by atoms with Gasteiger partial charge in [0.25, 0.3) is 0 Å². The zero-order valence-electron chi connectivity index (χ0n) is 41.2. The summed E-state index contributed by atoms with van der Waals surface area (Å²) in [5, 5.41) is 6.65. The maximum Gasteiger partial charge on any atom is 0.0542 e. The van der Waals surface area contributed by atoms with Gasteiger partial charge in [-0.3, -0.25) is 0 Å². The average Bonchev–Trinajstić information content (AvgIpc) is 4.09. The van der Waals surface area contributed by atoms with E-state index in [0.717, 1.165) is 93.9 Å². The molecule has 0 saturated heterocycles. The molecule has 0 fully saturated rings. The molecule has 12 aromatic carbocycles. The van der Waals surface area contributed by atoms with Crippen molar-refractivity contribution >= 4 is 102 Å². The van der Waals surface area contributed by atoms with Crippen LogP contribution in [-0.4, -0.2) is 22.4 Å². The number of anilines is 3. The standard InChI is InChI=1S/C70H47F2GeN3/c71-52-28-35-58(36-29-52)75-67-23-13-12-22-63(67)65-46-61(39-42-69(65)75)74(60-34-26-48-14-10-11-15-50(48)44-60)62-40-43-70-66(47-62)64-45-51(27-41-68(64)76(70)59-37-30-53(72)31-38-59)49-24-32-57(33-25-49)73(54-16-4-1-5-17-54,55-18-6-2-7-19-55)56-20-8-3-9-21-56/h1-47H. The van der Waals surface area contributed by atoms with Crippen LogP contribution in [-0.2, 0) is 0 Å². The Balaban J connectivity index is 0.958. The van der Waals surface area contributed by atoms with Gasteiger partial charge in [0.2, 0.25) is 0 Å². The van der Waals surface area contributed by atoms with Crippen molar-refractivity contribution in [2.75, 3.05) is 4.90 Å². The first-order chi connectivity index (χ1) is 37.5. The van der Waals surface area contributed by atoms with Crippen LogP contribution in [0.3, 0.4) is 0 Å². The summed E-state index contributed by atoms with van der Waals surface area (Å²) in [5.41, 5.74) is 11.1. The van der Waals surface area contributed by atoms with Crippen molar-refractivity contribution in [3.63, 3.8) is 0 Å². The monoisotopic (exact) mass is 1040 g/mol. The quantitative estimate of drug-likeness (QED) is 0.124. The predicted octanol–water partition coefficient (Wildman–Crippen LogP) is 15.8. The van der Waals surface area contributed by atoms with Crippen LogP contribution >= 0.6 is 0 Å². The summed E-state index contributed by atoms with van der Waals surface area (Å²) in [7, 11) is 0. The van der Waals surface area contributed by atoms with E-state index in [4.69, 9.17) is 0 Å². The molecule has 0 amide bonds. The Hall–Kier alpha value is -9.30. The van der Waals surface area contributed by atoms with Gasteiger partial charge in [-0.05, 0) is 71.4 Å². The first-order valence-electron chi connectivity index (χ1n) is 25.7. The number of halogens is 2. The van der Waals surface area contributed by atoms with E-state index in [9.17, 15) is 8.78 Å². The summed E-state index contributed by atoms with van der Waals surface area (Å²) in [5.74, 6) is -0.544. The molecule has 14 aromatic rings. The summed E-state index contributed by atoms with van der Waals surface area (Å²) >= 11 is -3.48. The van der Waals surface area contributed by atoms with Crippen LogP contribution in [0.5, 0.6) is 0 Å². The van der Waals surface area contributed by atoms with Gasteiger partial charge in [0, 0.05) is 16.5 Å². The summed E-state index contributed by atoms with van der Waals surface area (Å²) in [6, 6.07) is 99.9. The minimum Gasteiger partial charge on any atom is -0.0359 e. The molecule has 0 radical (unpaired) electrons. The molecule has 0 aliphatic heterocycles. The van der Waals surface area contributed by atoms with Gasteiger partial charge in [-0.2, -0.15) is 0 Å². The number of para-hydroxylation sites is 1. The first-order valence-corrected chi connectivity index (χ1v) is 29.9. The number of hydrogen-bond acceptors (Lipinski definition) is 1.